The summed E-state index contributed by atoms with van der Waals surface area (Å²) in [5.41, 5.74) is 4.86. The van der Waals surface area contributed by atoms with Crippen molar-refractivity contribution >= 4 is 11.8 Å². The number of esters is 1. The van der Waals surface area contributed by atoms with Gasteiger partial charge in [0.2, 0.25) is 0 Å². The summed E-state index contributed by atoms with van der Waals surface area (Å²) in [6.45, 7) is 9.41. The van der Waals surface area contributed by atoms with Crippen molar-refractivity contribution in [3.63, 3.8) is 0 Å². The summed E-state index contributed by atoms with van der Waals surface area (Å²) >= 11 is 0. The quantitative estimate of drug-likeness (QED) is 0.348. The van der Waals surface area contributed by atoms with Crippen LogP contribution in [-0.2, 0) is 16.1 Å². The first-order chi connectivity index (χ1) is 18.5. The fraction of sp³-hybridized carbons (Fsp3) is 0.433. The van der Waals surface area contributed by atoms with Gasteiger partial charge in [0.15, 0.2) is 5.82 Å². The van der Waals surface area contributed by atoms with Gasteiger partial charge in [0.25, 0.3) is 0 Å². The highest BCUT2D eigenvalue weighted by molar-refractivity contribution is 5.73. The highest BCUT2D eigenvalue weighted by Gasteiger charge is 2.23. The molecule has 1 aromatic heterocycles. The standard InChI is InChI=1S/C30H38N4O4/c1-5-37-28(35)15-17-34-16-9-12-24(19-34)31-30-22(3)21(2)29(32-33-30)26-14-13-25(36-4)18-27(26)38-20-23-10-7-6-8-11-23/h6-8,10-11,13-14,18,24H,5,9,12,15-17,19-20H2,1-4H3,(H,31,33). The first-order valence-corrected chi connectivity index (χ1v) is 13.3. The fourth-order valence-corrected chi connectivity index (χ4v) is 4.73. The van der Waals surface area contributed by atoms with E-state index in [0.717, 1.165) is 65.4 Å². The summed E-state index contributed by atoms with van der Waals surface area (Å²) < 4.78 is 16.8. The molecule has 3 aromatic rings. The van der Waals surface area contributed by atoms with E-state index in [2.05, 4.69) is 34.3 Å². The molecule has 8 nitrogen and oxygen atoms in total. The predicted octanol–water partition coefficient (Wildman–Crippen LogP) is 5.18. The highest BCUT2D eigenvalue weighted by atomic mass is 16.5. The van der Waals surface area contributed by atoms with Crippen LogP contribution >= 0.6 is 0 Å². The van der Waals surface area contributed by atoms with Crippen molar-refractivity contribution in [1.82, 2.24) is 15.1 Å². The maximum absolute atomic E-state index is 11.8. The molecule has 0 radical (unpaired) electrons. The van der Waals surface area contributed by atoms with Gasteiger partial charge in [-0.3, -0.25) is 4.79 Å². The van der Waals surface area contributed by atoms with Crippen LogP contribution in [0.5, 0.6) is 11.5 Å². The maximum atomic E-state index is 11.8. The number of carbonyl (C=O) groups is 1. The third-order valence-electron chi connectivity index (χ3n) is 6.99. The average molecular weight is 519 g/mol. The molecular formula is C30H38N4O4. The highest BCUT2D eigenvalue weighted by Crippen LogP contribution is 2.36. The number of rotatable bonds is 11. The summed E-state index contributed by atoms with van der Waals surface area (Å²) in [4.78, 5) is 14.1. The number of methoxy groups -OCH3 is 1. The molecule has 2 aromatic carbocycles. The summed E-state index contributed by atoms with van der Waals surface area (Å²) in [6, 6.07) is 16.1. The van der Waals surface area contributed by atoms with Crippen LogP contribution in [0, 0.1) is 13.8 Å². The van der Waals surface area contributed by atoms with E-state index < -0.39 is 0 Å². The molecule has 1 N–H and O–H groups in total. The fourth-order valence-electron chi connectivity index (χ4n) is 4.73. The normalized spacial score (nSPS) is 15.6. The molecule has 1 unspecified atom stereocenters. The number of hydrogen-bond donors (Lipinski definition) is 1. The number of nitrogens with one attached hydrogen (secondary N) is 1. The van der Waals surface area contributed by atoms with Crippen LogP contribution < -0.4 is 14.8 Å². The van der Waals surface area contributed by atoms with Crippen LogP contribution in [0.2, 0.25) is 0 Å². The number of hydrogen-bond acceptors (Lipinski definition) is 8. The third-order valence-corrected chi connectivity index (χ3v) is 6.99. The SMILES string of the molecule is CCOC(=O)CCN1CCCC(Nc2nnc(-c3ccc(OC)cc3OCc3ccccc3)c(C)c2C)C1. The largest absolute Gasteiger partial charge is 0.497 e. The van der Waals surface area contributed by atoms with Crippen LogP contribution in [0.15, 0.2) is 48.5 Å². The molecule has 1 aliphatic heterocycles. The molecule has 1 atom stereocenters. The smallest absolute Gasteiger partial charge is 0.307 e. The number of aromatic nitrogens is 2. The molecule has 1 aliphatic rings. The van der Waals surface area contributed by atoms with Gasteiger partial charge in [-0.15, -0.1) is 10.2 Å². The Bertz CT molecular complexity index is 1220. The summed E-state index contributed by atoms with van der Waals surface area (Å²) in [6.07, 6.45) is 2.54. The first kappa shape index (κ1) is 27.4. The van der Waals surface area contributed by atoms with E-state index in [4.69, 9.17) is 14.2 Å². The van der Waals surface area contributed by atoms with Gasteiger partial charge in [-0.25, -0.2) is 0 Å². The Morgan fingerprint density at radius 3 is 2.68 bits per heavy atom. The van der Waals surface area contributed by atoms with Crippen molar-refractivity contribution < 1.29 is 19.0 Å². The van der Waals surface area contributed by atoms with Crippen LogP contribution in [-0.4, -0.2) is 60.5 Å². The summed E-state index contributed by atoms with van der Waals surface area (Å²) in [5.74, 6) is 2.09. The van der Waals surface area contributed by atoms with Gasteiger partial charge in [-0.2, -0.15) is 0 Å². The minimum absolute atomic E-state index is 0.138. The van der Waals surface area contributed by atoms with Gasteiger partial charge >= 0.3 is 5.97 Å². The van der Waals surface area contributed by atoms with Crippen molar-refractivity contribution in [1.29, 1.82) is 0 Å². The van der Waals surface area contributed by atoms with Crippen molar-refractivity contribution in [3.05, 3.63) is 65.2 Å². The zero-order valence-electron chi connectivity index (χ0n) is 22.8. The first-order valence-electron chi connectivity index (χ1n) is 13.3. The van der Waals surface area contributed by atoms with E-state index in [-0.39, 0.29) is 12.0 Å². The van der Waals surface area contributed by atoms with Crippen LogP contribution in [0.1, 0.15) is 42.9 Å². The van der Waals surface area contributed by atoms with E-state index in [1.165, 1.54) is 0 Å². The molecule has 4 rings (SSSR count). The Balaban J connectivity index is 1.48. The predicted molar refractivity (Wildman–Crippen MR) is 149 cm³/mol. The second kappa shape index (κ2) is 13.2. The second-order valence-electron chi connectivity index (χ2n) is 9.62. The molecule has 0 amide bonds. The van der Waals surface area contributed by atoms with Crippen LogP contribution in [0.3, 0.4) is 0 Å². The van der Waals surface area contributed by atoms with Gasteiger partial charge in [-0.1, -0.05) is 30.3 Å². The second-order valence-corrected chi connectivity index (χ2v) is 9.62. The van der Waals surface area contributed by atoms with Crippen LogP contribution in [0.25, 0.3) is 11.3 Å². The van der Waals surface area contributed by atoms with Gasteiger partial charge < -0.3 is 24.4 Å². The maximum Gasteiger partial charge on any atom is 0.307 e. The van der Waals surface area contributed by atoms with Gasteiger partial charge in [0.05, 0.1) is 25.8 Å². The number of anilines is 1. The Morgan fingerprint density at radius 1 is 1.11 bits per heavy atom. The number of likely N-dealkylation sites (tertiary alicyclic amines) is 1. The van der Waals surface area contributed by atoms with Gasteiger partial charge in [0, 0.05) is 30.8 Å². The Kier molecular flexibility index (Phi) is 9.54. The number of ether oxygens (including phenoxy) is 3. The summed E-state index contributed by atoms with van der Waals surface area (Å²) in [5, 5.41) is 12.8. The topological polar surface area (TPSA) is 85.8 Å². The molecule has 1 saturated heterocycles. The van der Waals surface area contributed by atoms with E-state index in [1.807, 2.05) is 55.5 Å². The molecule has 2 heterocycles. The number of carbonyl (C=O) groups excluding carboxylic acids is 1. The van der Waals surface area contributed by atoms with Crippen molar-refractivity contribution in [2.24, 2.45) is 0 Å². The number of benzene rings is 2. The lowest BCUT2D eigenvalue weighted by molar-refractivity contribution is -0.143. The lowest BCUT2D eigenvalue weighted by Crippen LogP contribution is -2.43. The van der Waals surface area contributed by atoms with Crippen molar-refractivity contribution in [3.8, 4) is 22.8 Å². The van der Waals surface area contributed by atoms with Gasteiger partial charge in [0.1, 0.15) is 18.1 Å². The lowest BCUT2D eigenvalue weighted by atomic mass is 10.0. The molecular weight excluding hydrogens is 480 g/mol. The molecule has 1 fully saturated rings. The van der Waals surface area contributed by atoms with E-state index in [9.17, 15) is 4.79 Å². The molecule has 0 saturated carbocycles. The van der Waals surface area contributed by atoms with E-state index in [1.54, 1.807) is 7.11 Å². The molecule has 0 bridgehead atoms. The third kappa shape index (κ3) is 7.01. The minimum atomic E-state index is -0.138. The van der Waals surface area contributed by atoms with Crippen molar-refractivity contribution in [2.75, 3.05) is 38.7 Å². The summed E-state index contributed by atoms with van der Waals surface area (Å²) in [7, 11) is 1.65. The lowest BCUT2D eigenvalue weighted by Gasteiger charge is -2.33. The Hall–Kier alpha value is -3.65. The molecule has 202 valence electrons. The van der Waals surface area contributed by atoms with E-state index >= 15 is 0 Å². The van der Waals surface area contributed by atoms with Crippen molar-refractivity contribution in [2.45, 2.75) is 52.7 Å². The zero-order chi connectivity index (χ0) is 26.9. The average Bonchev–Trinajstić information content (AvgIpc) is 2.94. The molecule has 0 spiro atoms. The van der Waals surface area contributed by atoms with E-state index in [0.29, 0.717) is 31.9 Å². The number of piperidine rings is 1. The molecule has 38 heavy (non-hydrogen) atoms. The monoisotopic (exact) mass is 518 g/mol. The Morgan fingerprint density at radius 2 is 1.92 bits per heavy atom. The Labute approximate surface area is 225 Å². The van der Waals surface area contributed by atoms with Gasteiger partial charge in [-0.05, 0) is 69.0 Å². The zero-order valence-corrected chi connectivity index (χ0v) is 22.8. The molecule has 8 heteroatoms. The molecule has 0 aliphatic carbocycles. The van der Waals surface area contributed by atoms with Crippen LogP contribution in [0.4, 0.5) is 5.82 Å². The minimum Gasteiger partial charge on any atom is -0.497 e. The number of nitrogens with zero attached hydrogens (tertiary/aromatic N) is 3.